The molecular weight excluding hydrogens is 350 g/mol. The molecule has 4 N–H and O–H groups in total. The van der Waals surface area contributed by atoms with Crippen molar-refractivity contribution in [2.45, 2.75) is 25.7 Å². The summed E-state index contributed by atoms with van der Waals surface area (Å²) >= 11 is 6.12. The number of carbonyl (C=O) groups is 1. The number of hydrogen-bond acceptors (Lipinski definition) is 2. The van der Waals surface area contributed by atoms with Crippen molar-refractivity contribution in [3.8, 4) is 0 Å². The van der Waals surface area contributed by atoms with Crippen molar-refractivity contribution in [3.63, 3.8) is 0 Å². The minimum atomic E-state index is -0.224. The second-order valence-corrected chi connectivity index (χ2v) is 7.29. The van der Waals surface area contributed by atoms with E-state index in [1.54, 1.807) is 7.05 Å². The number of nitrogens with zero attached hydrogens (tertiary/aromatic N) is 2. The van der Waals surface area contributed by atoms with Gasteiger partial charge in [-0.2, -0.15) is 0 Å². The number of piperidine rings is 1. The number of H-pyrrole nitrogens is 1. The summed E-state index contributed by atoms with van der Waals surface area (Å²) in [4.78, 5) is 21.1. The number of carbonyl (C=O) groups excluding carboxylic acids is 1. The van der Waals surface area contributed by atoms with Gasteiger partial charge >= 0.3 is 0 Å². The third kappa shape index (κ3) is 4.49. The van der Waals surface area contributed by atoms with Crippen LogP contribution in [0.2, 0.25) is 5.02 Å². The van der Waals surface area contributed by atoms with Crippen LogP contribution in [-0.4, -0.2) is 48.4 Å². The maximum Gasteiger partial charge on any atom is 0.217 e. The molecule has 1 aromatic carbocycles. The van der Waals surface area contributed by atoms with Crippen molar-refractivity contribution in [2.24, 2.45) is 16.6 Å². The van der Waals surface area contributed by atoms with E-state index >= 15 is 0 Å². The van der Waals surface area contributed by atoms with Crippen LogP contribution in [0.3, 0.4) is 0 Å². The van der Waals surface area contributed by atoms with Crippen LogP contribution in [0.4, 0.5) is 0 Å². The molecule has 0 bridgehead atoms. The highest BCUT2D eigenvalue weighted by atomic mass is 35.5. The fourth-order valence-corrected chi connectivity index (χ4v) is 3.88. The van der Waals surface area contributed by atoms with E-state index in [-0.39, 0.29) is 5.91 Å². The van der Waals surface area contributed by atoms with Crippen LogP contribution in [-0.2, 0) is 11.2 Å². The fourth-order valence-electron chi connectivity index (χ4n) is 3.71. The lowest BCUT2D eigenvalue weighted by molar-refractivity contribution is -0.119. The van der Waals surface area contributed by atoms with Gasteiger partial charge in [0.05, 0.1) is 0 Å². The Balaban J connectivity index is 1.57. The second kappa shape index (κ2) is 8.45. The fraction of sp³-hybridized carbons (Fsp3) is 0.474. The molecule has 0 saturated carbocycles. The van der Waals surface area contributed by atoms with Crippen LogP contribution < -0.4 is 11.1 Å². The maximum atomic E-state index is 11.2. The van der Waals surface area contributed by atoms with Gasteiger partial charge in [-0.25, -0.2) is 0 Å². The number of primary amides is 1. The zero-order valence-corrected chi connectivity index (χ0v) is 15.9. The van der Waals surface area contributed by atoms with Gasteiger partial charge in [0.15, 0.2) is 5.96 Å². The highest BCUT2D eigenvalue weighted by Crippen LogP contribution is 2.23. The predicted molar refractivity (Wildman–Crippen MR) is 106 cm³/mol. The molecule has 6 nitrogen and oxygen atoms in total. The van der Waals surface area contributed by atoms with Gasteiger partial charge in [0.25, 0.3) is 0 Å². The summed E-state index contributed by atoms with van der Waals surface area (Å²) in [6, 6.07) is 5.89. The van der Waals surface area contributed by atoms with Gasteiger partial charge in [0.2, 0.25) is 5.91 Å². The predicted octanol–water partition coefficient (Wildman–Crippen LogP) is 2.53. The van der Waals surface area contributed by atoms with Gasteiger partial charge in [-0.3, -0.25) is 9.79 Å². The zero-order chi connectivity index (χ0) is 18.5. The molecule has 1 unspecified atom stereocenters. The number of hydrogen-bond donors (Lipinski definition) is 3. The summed E-state index contributed by atoms with van der Waals surface area (Å²) in [5.74, 6) is 0.977. The topological polar surface area (TPSA) is 86.5 Å². The summed E-state index contributed by atoms with van der Waals surface area (Å²) < 4.78 is 0. The Morgan fingerprint density at radius 3 is 3.12 bits per heavy atom. The number of benzene rings is 1. The van der Waals surface area contributed by atoms with Crippen molar-refractivity contribution in [1.29, 1.82) is 0 Å². The molecule has 0 radical (unpaired) electrons. The molecule has 1 saturated heterocycles. The Hall–Kier alpha value is -2.21. The average Bonchev–Trinajstić information content (AvgIpc) is 3.00. The number of fused-ring (bicyclic) bond motifs is 1. The van der Waals surface area contributed by atoms with Gasteiger partial charge in [0, 0.05) is 55.2 Å². The molecule has 2 aromatic rings. The first kappa shape index (κ1) is 18.6. The smallest absolute Gasteiger partial charge is 0.217 e. The lowest BCUT2D eigenvalue weighted by Crippen LogP contribution is -2.47. The maximum absolute atomic E-state index is 11.2. The van der Waals surface area contributed by atoms with Gasteiger partial charge in [0.1, 0.15) is 0 Å². The Morgan fingerprint density at radius 1 is 1.50 bits per heavy atom. The number of halogens is 1. The largest absolute Gasteiger partial charge is 0.370 e. The van der Waals surface area contributed by atoms with E-state index in [0.29, 0.717) is 12.3 Å². The summed E-state index contributed by atoms with van der Waals surface area (Å²) in [5.41, 5.74) is 7.68. The highest BCUT2D eigenvalue weighted by Gasteiger charge is 2.23. The third-order valence-electron chi connectivity index (χ3n) is 4.93. The first-order valence-corrected chi connectivity index (χ1v) is 9.44. The molecule has 3 rings (SSSR count). The number of aliphatic imine (C=N–C) groups is 1. The van der Waals surface area contributed by atoms with E-state index in [0.717, 1.165) is 60.8 Å². The molecule has 1 fully saturated rings. The van der Waals surface area contributed by atoms with Crippen LogP contribution in [0, 0.1) is 5.92 Å². The van der Waals surface area contributed by atoms with Crippen molar-refractivity contribution >= 4 is 34.4 Å². The average molecular weight is 376 g/mol. The summed E-state index contributed by atoms with van der Waals surface area (Å²) in [6.45, 7) is 2.56. The van der Waals surface area contributed by atoms with Crippen molar-refractivity contribution in [3.05, 3.63) is 35.0 Å². The Labute approximate surface area is 158 Å². The molecule has 1 amide bonds. The zero-order valence-electron chi connectivity index (χ0n) is 15.1. The van der Waals surface area contributed by atoms with E-state index in [9.17, 15) is 4.79 Å². The summed E-state index contributed by atoms with van der Waals surface area (Å²) in [5, 5.41) is 5.35. The molecule has 1 aliphatic heterocycles. The van der Waals surface area contributed by atoms with Crippen LogP contribution in [0.15, 0.2) is 29.4 Å². The minimum absolute atomic E-state index is 0.224. The van der Waals surface area contributed by atoms with E-state index in [2.05, 4.69) is 20.2 Å². The molecule has 26 heavy (non-hydrogen) atoms. The lowest BCUT2D eigenvalue weighted by Gasteiger charge is -2.34. The molecule has 1 aromatic heterocycles. The van der Waals surface area contributed by atoms with Gasteiger partial charge in [-0.05, 0) is 48.9 Å². The number of nitrogens with one attached hydrogen (secondary N) is 2. The number of aromatic amines is 1. The van der Waals surface area contributed by atoms with Crippen LogP contribution in [0.5, 0.6) is 0 Å². The van der Waals surface area contributed by atoms with Crippen LogP contribution in [0.1, 0.15) is 24.8 Å². The highest BCUT2D eigenvalue weighted by molar-refractivity contribution is 6.31. The monoisotopic (exact) mass is 375 g/mol. The number of guanidine groups is 1. The molecule has 0 aliphatic carbocycles. The molecule has 140 valence electrons. The van der Waals surface area contributed by atoms with Gasteiger partial charge < -0.3 is 20.9 Å². The molecule has 7 heteroatoms. The molecule has 1 aliphatic rings. The van der Waals surface area contributed by atoms with Gasteiger partial charge in [-0.1, -0.05) is 11.6 Å². The normalized spacial score (nSPS) is 18.3. The first-order chi connectivity index (χ1) is 12.6. The third-order valence-corrected chi connectivity index (χ3v) is 5.16. The number of nitrogens with two attached hydrogens (primary N) is 1. The second-order valence-electron chi connectivity index (χ2n) is 6.85. The van der Waals surface area contributed by atoms with E-state index < -0.39 is 0 Å². The van der Waals surface area contributed by atoms with Crippen molar-refractivity contribution < 1.29 is 4.79 Å². The molecule has 2 heterocycles. The van der Waals surface area contributed by atoms with Crippen LogP contribution >= 0.6 is 11.6 Å². The van der Waals surface area contributed by atoms with Crippen molar-refractivity contribution in [1.82, 2.24) is 15.2 Å². The Kier molecular flexibility index (Phi) is 6.04. The number of aromatic nitrogens is 1. The lowest BCUT2D eigenvalue weighted by atomic mass is 9.95. The molecular formula is C19H26ClN5O. The number of amides is 1. The molecule has 0 spiro atoms. The van der Waals surface area contributed by atoms with E-state index in [1.807, 2.05) is 24.4 Å². The quantitative estimate of drug-likeness (QED) is 0.554. The summed E-state index contributed by atoms with van der Waals surface area (Å²) in [6.07, 6.45) is 5.46. The SMILES string of the molecule is CN=C(NCCc1c[nH]c2ccc(Cl)cc12)N1CCCC(CC(N)=O)C1. The molecule has 1 atom stereocenters. The van der Waals surface area contributed by atoms with Gasteiger partial charge in [-0.15, -0.1) is 0 Å². The number of rotatable bonds is 5. The number of likely N-dealkylation sites (tertiary alicyclic amines) is 1. The van der Waals surface area contributed by atoms with Crippen molar-refractivity contribution in [2.75, 3.05) is 26.7 Å². The standard InChI is InChI=1S/C19H26ClN5O/c1-22-19(25-8-2-3-13(12-25)9-18(21)26)23-7-6-14-11-24-17-5-4-15(20)10-16(14)17/h4-5,10-11,13,24H,2-3,6-9,12H2,1H3,(H2,21,26)(H,22,23). The Bertz CT molecular complexity index is 800. The van der Waals surface area contributed by atoms with Crippen LogP contribution in [0.25, 0.3) is 10.9 Å². The van der Waals surface area contributed by atoms with E-state index in [1.165, 1.54) is 5.56 Å². The Morgan fingerprint density at radius 2 is 2.35 bits per heavy atom. The minimum Gasteiger partial charge on any atom is -0.370 e. The summed E-state index contributed by atoms with van der Waals surface area (Å²) in [7, 11) is 1.80. The first-order valence-electron chi connectivity index (χ1n) is 9.06. The van der Waals surface area contributed by atoms with E-state index in [4.69, 9.17) is 17.3 Å².